The molecule has 0 saturated heterocycles. The molecular formula is C24H23Br2NO4. The minimum Gasteiger partial charge on any atom is -0.487 e. The van der Waals surface area contributed by atoms with Gasteiger partial charge in [-0.15, -0.1) is 0 Å². The Morgan fingerprint density at radius 1 is 1.13 bits per heavy atom. The van der Waals surface area contributed by atoms with Crippen LogP contribution in [-0.4, -0.2) is 35.0 Å². The minimum atomic E-state index is -0.957. The molecule has 1 heterocycles. The molecule has 162 valence electrons. The van der Waals surface area contributed by atoms with Crippen molar-refractivity contribution in [2.45, 2.75) is 26.2 Å². The van der Waals surface area contributed by atoms with E-state index in [4.69, 9.17) is 9.84 Å². The van der Waals surface area contributed by atoms with Crippen molar-refractivity contribution in [1.82, 2.24) is 4.90 Å². The number of rotatable bonds is 8. The highest BCUT2D eigenvalue weighted by Gasteiger charge is 2.25. The van der Waals surface area contributed by atoms with Crippen LogP contribution in [0.3, 0.4) is 0 Å². The number of benzene rings is 2. The van der Waals surface area contributed by atoms with Crippen LogP contribution in [0.25, 0.3) is 0 Å². The molecule has 0 saturated carbocycles. The highest BCUT2D eigenvalue weighted by molar-refractivity contribution is 9.12. The zero-order valence-electron chi connectivity index (χ0n) is 17.1. The van der Waals surface area contributed by atoms with E-state index in [0.29, 0.717) is 23.9 Å². The maximum absolute atomic E-state index is 13.0. The van der Waals surface area contributed by atoms with Gasteiger partial charge in [0, 0.05) is 17.4 Å². The van der Waals surface area contributed by atoms with Crippen LogP contribution in [0.15, 0.2) is 69.3 Å². The Bertz CT molecular complexity index is 1030. The van der Waals surface area contributed by atoms with E-state index in [0.717, 1.165) is 27.9 Å². The van der Waals surface area contributed by atoms with Crippen LogP contribution >= 0.6 is 31.9 Å². The molecule has 1 aliphatic rings. The number of amides is 1. The number of aromatic carboxylic acids is 1. The number of carboxylic acids is 1. The van der Waals surface area contributed by atoms with Crippen molar-refractivity contribution in [3.05, 3.63) is 86.0 Å². The van der Waals surface area contributed by atoms with Crippen LogP contribution in [0.2, 0.25) is 0 Å². The second-order valence-electron chi connectivity index (χ2n) is 7.11. The summed E-state index contributed by atoms with van der Waals surface area (Å²) < 4.78 is 7.44. The molecule has 7 heteroatoms. The third-order valence-corrected chi connectivity index (χ3v) is 6.50. The summed E-state index contributed by atoms with van der Waals surface area (Å²) in [6.07, 6.45) is 3.93. The third-order valence-electron chi connectivity index (χ3n) is 5.06. The predicted molar refractivity (Wildman–Crippen MR) is 128 cm³/mol. The van der Waals surface area contributed by atoms with Gasteiger partial charge in [-0.3, -0.25) is 4.79 Å². The maximum Gasteiger partial charge on any atom is 0.335 e. The summed E-state index contributed by atoms with van der Waals surface area (Å²) in [5, 5.41) is 9.06. The topological polar surface area (TPSA) is 66.8 Å². The number of carbonyl (C=O) groups excluding carboxylic acids is 1. The summed E-state index contributed by atoms with van der Waals surface area (Å²) in [4.78, 5) is 25.8. The Morgan fingerprint density at radius 3 is 2.55 bits per heavy atom. The average molecular weight is 549 g/mol. The summed E-state index contributed by atoms with van der Waals surface area (Å²) in [5.41, 5.74) is 3.16. The van der Waals surface area contributed by atoms with Gasteiger partial charge in [0.25, 0.3) is 5.91 Å². The normalized spacial score (nSPS) is 14.4. The molecule has 0 radical (unpaired) electrons. The molecule has 3 rings (SSSR count). The van der Waals surface area contributed by atoms with Gasteiger partial charge in [0.15, 0.2) is 0 Å². The predicted octanol–water partition coefficient (Wildman–Crippen LogP) is 5.69. The Balaban J connectivity index is 1.77. The second-order valence-corrected chi connectivity index (χ2v) is 8.92. The average Bonchev–Trinajstić information content (AvgIpc) is 2.88. The largest absolute Gasteiger partial charge is 0.487 e. The van der Waals surface area contributed by atoms with Gasteiger partial charge in [-0.25, -0.2) is 4.79 Å². The molecule has 0 fully saturated rings. The third kappa shape index (κ3) is 6.08. The van der Waals surface area contributed by atoms with Gasteiger partial charge in [-0.1, -0.05) is 53.2 Å². The van der Waals surface area contributed by atoms with Gasteiger partial charge < -0.3 is 14.7 Å². The fourth-order valence-electron chi connectivity index (χ4n) is 3.24. The molecular weight excluding hydrogens is 526 g/mol. The van der Waals surface area contributed by atoms with E-state index >= 15 is 0 Å². The minimum absolute atomic E-state index is 0.127. The molecule has 0 atom stereocenters. The summed E-state index contributed by atoms with van der Waals surface area (Å²) in [6, 6.07) is 14.7. The summed E-state index contributed by atoms with van der Waals surface area (Å²) in [5.74, 6) is -0.320. The first kappa shape index (κ1) is 23.3. The van der Waals surface area contributed by atoms with Crippen LogP contribution in [0, 0.1) is 0 Å². The van der Waals surface area contributed by atoms with E-state index in [-0.39, 0.29) is 18.1 Å². The number of hydrogen-bond acceptors (Lipinski definition) is 3. The lowest BCUT2D eigenvalue weighted by Crippen LogP contribution is -2.34. The van der Waals surface area contributed by atoms with E-state index < -0.39 is 5.97 Å². The molecule has 0 aromatic heterocycles. The zero-order chi connectivity index (χ0) is 22.4. The molecule has 0 unspecified atom stereocenters. The SMILES string of the molecule is CCc1cccc(OCC2=C(Br)CC=C(Br)C(=O)N2CCc2ccc(C(=O)O)cc2)c1. The Hall–Kier alpha value is -2.38. The van der Waals surface area contributed by atoms with E-state index in [9.17, 15) is 9.59 Å². The van der Waals surface area contributed by atoms with Crippen molar-refractivity contribution < 1.29 is 19.4 Å². The maximum atomic E-state index is 13.0. The van der Waals surface area contributed by atoms with Crippen LogP contribution in [0.1, 0.15) is 34.8 Å². The van der Waals surface area contributed by atoms with Crippen LogP contribution in [0.4, 0.5) is 0 Å². The lowest BCUT2D eigenvalue weighted by atomic mass is 10.1. The smallest absolute Gasteiger partial charge is 0.335 e. The molecule has 1 N–H and O–H groups in total. The number of ether oxygens (including phenoxy) is 1. The fraction of sp³-hybridized carbons (Fsp3) is 0.250. The highest BCUT2D eigenvalue weighted by Crippen LogP contribution is 2.29. The Labute approximate surface area is 198 Å². The first-order chi connectivity index (χ1) is 14.9. The van der Waals surface area contributed by atoms with Gasteiger partial charge in [0.1, 0.15) is 12.4 Å². The van der Waals surface area contributed by atoms with Gasteiger partial charge in [0.2, 0.25) is 0 Å². The summed E-state index contributed by atoms with van der Waals surface area (Å²) >= 11 is 7.01. The second kappa shape index (κ2) is 10.8. The van der Waals surface area contributed by atoms with E-state index in [2.05, 4.69) is 44.8 Å². The number of carbonyl (C=O) groups is 2. The Morgan fingerprint density at radius 2 is 1.87 bits per heavy atom. The number of allylic oxidation sites excluding steroid dienone is 2. The first-order valence-electron chi connectivity index (χ1n) is 9.98. The van der Waals surface area contributed by atoms with Crippen molar-refractivity contribution in [2.24, 2.45) is 0 Å². The number of carboxylic acid groups (broad SMARTS) is 1. The van der Waals surface area contributed by atoms with Crippen LogP contribution < -0.4 is 4.74 Å². The monoisotopic (exact) mass is 547 g/mol. The molecule has 2 aromatic rings. The number of halogens is 2. The van der Waals surface area contributed by atoms with E-state index in [1.165, 1.54) is 5.56 Å². The van der Waals surface area contributed by atoms with Crippen LogP contribution in [0.5, 0.6) is 5.75 Å². The highest BCUT2D eigenvalue weighted by atomic mass is 79.9. The fourth-order valence-corrected chi connectivity index (χ4v) is 4.10. The van der Waals surface area contributed by atoms with Gasteiger partial charge in [0.05, 0.1) is 15.7 Å². The summed E-state index contributed by atoms with van der Waals surface area (Å²) in [6.45, 7) is 2.79. The van der Waals surface area contributed by atoms with Crippen LogP contribution in [-0.2, 0) is 17.6 Å². The van der Waals surface area contributed by atoms with Crippen molar-refractivity contribution in [1.29, 1.82) is 0 Å². The van der Waals surface area contributed by atoms with Gasteiger partial charge >= 0.3 is 5.97 Å². The zero-order valence-corrected chi connectivity index (χ0v) is 20.3. The van der Waals surface area contributed by atoms with Crippen molar-refractivity contribution >= 4 is 43.7 Å². The van der Waals surface area contributed by atoms with Gasteiger partial charge in [-0.05, 0) is 64.2 Å². The molecule has 0 aliphatic carbocycles. The lowest BCUT2D eigenvalue weighted by Gasteiger charge is -2.26. The van der Waals surface area contributed by atoms with Gasteiger partial charge in [-0.2, -0.15) is 0 Å². The van der Waals surface area contributed by atoms with Crippen molar-refractivity contribution in [3.8, 4) is 5.75 Å². The number of nitrogens with zero attached hydrogens (tertiary/aromatic N) is 1. The lowest BCUT2D eigenvalue weighted by molar-refractivity contribution is -0.124. The molecule has 1 amide bonds. The molecule has 5 nitrogen and oxygen atoms in total. The standard InChI is InChI=1S/C24H23Br2NO4/c1-2-16-4-3-5-19(14-16)31-15-22-20(25)10-11-21(26)23(28)27(22)13-12-17-6-8-18(9-7-17)24(29)30/h3-9,11,14H,2,10,12-13,15H2,1H3,(H,29,30). The molecule has 0 spiro atoms. The first-order valence-corrected chi connectivity index (χ1v) is 11.6. The molecule has 0 bridgehead atoms. The van der Waals surface area contributed by atoms with Crippen molar-refractivity contribution in [3.63, 3.8) is 0 Å². The number of aryl methyl sites for hydroxylation is 1. The Kier molecular flexibility index (Phi) is 8.09. The van der Waals surface area contributed by atoms with E-state index in [1.54, 1.807) is 29.2 Å². The quantitative estimate of drug-likeness (QED) is 0.460. The molecule has 31 heavy (non-hydrogen) atoms. The molecule has 2 aromatic carbocycles. The number of hydrogen-bond donors (Lipinski definition) is 1. The molecule has 1 aliphatic heterocycles. The van der Waals surface area contributed by atoms with E-state index in [1.807, 2.05) is 24.3 Å². The van der Waals surface area contributed by atoms with Crippen molar-refractivity contribution in [2.75, 3.05) is 13.2 Å². The summed E-state index contributed by atoms with van der Waals surface area (Å²) in [7, 11) is 0.